The van der Waals surface area contributed by atoms with Crippen molar-refractivity contribution in [3.05, 3.63) is 64.4 Å². The molecule has 106 heavy (non-hydrogen) atoms. The number of likely N-dealkylation sites (N-methyl/N-ethyl adjacent to an activating group) is 8. The van der Waals surface area contributed by atoms with Crippen molar-refractivity contribution in [2.24, 2.45) is 23.7 Å². The van der Waals surface area contributed by atoms with Gasteiger partial charge in [-0.2, -0.15) is 13.2 Å². The van der Waals surface area contributed by atoms with Crippen LogP contribution in [0.2, 0.25) is 5.02 Å². The number of benzene rings is 1. The Morgan fingerprint density at radius 2 is 1.19 bits per heavy atom. The number of nitrogens with zero attached hydrogens (tertiary/aromatic N) is 10. The van der Waals surface area contributed by atoms with Crippen LogP contribution in [0, 0.1) is 23.7 Å². The molecule has 1 aromatic heterocycles. The Hall–Kier alpha value is -7.91. The molecule has 0 bridgehead atoms. The molecule has 3 saturated carbocycles. The fourth-order valence-corrected chi connectivity index (χ4v) is 16.2. The number of halogens is 4. The number of rotatable bonds is 13. The summed E-state index contributed by atoms with van der Waals surface area (Å²) in [6.45, 7) is 6.32. The second-order valence-electron chi connectivity index (χ2n) is 31.0. The van der Waals surface area contributed by atoms with Gasteiger partial charge in [0.05, 0.1) is 36.6 Å². The van der Waals surface area contributed by atoms with Crippen LogP contribution in [0.5, 0.6) is 0 Å². The van der Waals surface area contributed by atoms with E-state index in [1.54, 1.807) is 24.0 Å². The number of carbonyl (C=O) groups excluding carboxylic acids is 12. The van der Waals surface area contributed by atoms with Crippen LogP contribution < -0.4 is 16.0 Å². The van der Waals surface area contributed by atoms with E-state index in [4.69, 9.17) is 11.6 Å². The number of carbonyl (C=O) groups is 12. The van der Waals surface area contributed by atoms with Crippen molar-refractivity contribution < 1.29 is 70.7 Å². The third-order valence-corrected chi connectivity index (χ3v) is 23.1. The number of likely N-dealkylation sites (tertiary alicyclic amines) is 1. The summed E-state index contributed by atoms with van der Waals surface area (Å²) in [4.78, 5) is 197. The smallest absolute Gasteiger partial charge is 0.343 e. The summed E-state index contributed by atoms with van der Waals surface area (Å²) in [5, 5.41) is 8.18. The molecular weight excluding hydrogens is 1390 g/mol. The van der Waals surface area contributed by atoms with E-state index in [0.29, 0.717) is 63.6 Å². The molecule has 3 aliphatic carbocycles. The maximum atomic E-state index is 16.0. The lowest BCUT2D eigenvalue weighted by Gasteiger charge is -2.43. The summed E-state index contributed by atoms with van der Waals surface area (Å²) in [6, 6.07) is -2.76. The Balaban J connectivity index is 1.34. The Labute approximate surface area is 628 Å². The van der Waals surface area contributed by atoms with Gasteiger partial charge in [-0.15, -0.1) is 0 Å². The first kappa shape index (κ1) is 85.3. The third-order valence-electron chi connectivity index (χ3n) is 22.8. The van der Waals surface area contributed by atoms with Crippen molar-refractivity contribution in [2.45, 2.75) is 236 Å². The number of piperidine rings is 1. The molecule has 0 unspecified atom stereocenters. The summed E-state index contributed by atoms with van der Waals surface area (Å²) in [5.74, 6) is -9.20. The number of aromatic nitrogens is 1. The van der Waals surface area contributed by atoms with Crippen molar-refractivity contribution in [1.29, 1.82) is 0 Å². The first-order valence-electron chi connectivity index (χ1n) is 38.1. The van der Waals surface area contributed by atoms with E-state index in [2.05, 4.69) is 20.9 Å². The highest BCUT2D eigenvalue weighted by molar-refractivity contribution is 6.31. The molecule has 1 spiro atoms. The minimum absolute atomic E-state index is 0.00123. The Kier molecular flexibility index (Phi) is 31.2. The van der Waals surface area contributed by atoms with Crippen molar-refractivity contribution in [1.82, 2.24) is 65.0 Å². The minimum atomic E-state index is -4.78. The molecule has 3 heterocycles. The maximum absolute atomic E-state index is 16.0. The number of aryl methyl sites for hydroxylation is 1. The van der Waals surface area contributed by atoms with E-state index in [0.717, 1.165) is 89.5 Å². The molecule has 1 aromatic carbocycles. The van der Waals surface area contributed by atoms with Gasteiger partial charge < -0.3 is 60.0 Å². The Bertz CT molecular complexity index is 3420. The van der Waals surface area contributed by atoms with Crippen LogP contribution in [-0.4, -0.2) is 257 Å². The van der Waals surface area contributed by atoms with Crippen LogP contribution in [0.1, 0.15) is 186 Å². The zero-order chi connectivity index (χ0) is 78.1. The van der Waals surface area contributed by atoms with E-state index >= 15 is 28.8 Å². The normalized spacial score (nSPS) is 25.5. The molecule has 588 valence electrons. The van der Waals surface area contributed by atoms with Gasteiger partial charge in [0, 0.05) is 88.3 Å². The average Bonchev–Trinajstić information content (AvgIpc) is 1.20. The summed E-state index contributed by atoms with van der Waals surface area (Å²) < 4.78 is 42.0. The zero-order valence-electron chi connectivity index (χ0n) is 64.3. The monoisotopic (exact) mass is 1510 g/mol. The van der Waals surface area contributed by atoms with Gasteiger partial charge in [0.2, 0.25) is 70.9 Å². The SMILES string of the molecule is CC[C@H](C)[C@@H]1NC(=O)[C@H](CC(C)C)N(C)C(=O)C[C@@H](C(=O)N2CCCCC2)N(C)C(=O)[C@H](C2CCCCC2)N(C)C(=O)C2(CCCC2)NC(=O)[C@H](Cc2ccncc2)N(C)C(=O)[C@H](CCc2ccc(C(F)(F)F)c(Cl)c2)NC(=O)CN(C)C(=O)[C@H](CC2CCCCC2)N(C)C(=O)CN(C)C(=O)CN(C)C1=O. The summed E-state index contributed by atoms with van der Waals surface area (Å²) in [5.41, 5.74) is -1.94. The van der Waals surface area contributed by atoms with E-state index in [9.17, 15) is 41.9 Å². The molecule has 5 aliphatic rings. The van der Waals surface area contributed by atoms with E-state index < -0.39 is 173 Å². The largest absolute Gasteiger partial charge is 0.417 e. The van der Waals surface area contributed by atoms with E-state index in [1.807, 2.05) is 20.8 Å². The highest BCUT2D eigenvalue weighted by Gasteiger charge is 2.51. The predicted octanol–water partition coefficient (Wildman–Crippen LogP) is 6.90. The molecule has 5 fully saturated rings. The molecule has 2 aromatic rings. The number of pyridine rings is 1. The number of alkyl halides is 3. The molecule has 0 radical (unpaired) electrons. The molecule has 7 rings (SSSR count). The maximum Gasteiger partial charge on any atom is 0.417 e. The molecular formula is C77H115ClF3N13O12. The van der Waals surface area contributed by atoms with Crippen LogP contribution >= 0.6 is 11.6 Å². The van der Waals surface area contributed by atoms with Gasteiger partial charge in [0.15, 0.2) is 0 Å². The lowest BCUT2D eigenvalue weighted by atomic mass is 9.81. The highest BCUT2D eigenvalue weighted by atomic mass is 35.5. The van der Waals surface area contributed by atoms with Crippen LogP contribution in [0.3, 0.4) is 0 Å². The van der Waals surface area contributed by atoms with Gasteiger partial charge in [-0.1, -0.05) is 116 Å². The minimum Gasteiger partial charge on any atom is -0.343 e. The average molecular weight is 1510 g/mol. The van der Waals surface area contributed by atoms with Crippen molar-refractivity contribution in [3.8, 4) is 0 Å². The summed E-state index contributed by atoms with van der Waals surface area (Å²) in [7, 11) is 11.3. The summed E-state index contributed by atoms with van der Waals surface area (Å²) in [6.07, 6.45) is 8.86. The third kappa shape index (κ3) is 22.1. The lowest BCUT2D eigenvalue weighted by Crippen LogP contribution is -2.66. The molecule has 2 saturated heterocycles. The predicted molar refractivity (Wildman–Crippen MR) is 393 cm³/mol. The number of hydrogen-bond acceptors (Lipinski definition) is 13. The van der Waals surface area contributed by atoms with Crippen molar-refractivity contribution >= 4 is 82.5 Å². The van der Waals surface area contributed by atoms with Gasteiger partial charge in [0.1, 0.15) is 47.8 Å². The van der Waals surface area contributed by atoms with Gasteiger partial charge in [-0.25, -0.2) is 0 Å². The van der Waals surface area contributed by atoms with Gasteiger partial charge >= 0.3 is 6.18 Å². The van der Waals surface area contributed by atoms with Crippen LogP contribution in [-0.2, 0) is 76.6 Å². The van der Waals surface area contributed by atoms with Crippen LogP contribution in [0.4, 0.5) is 13.2 Å². The van der Waals surface area contributed by atoms with Crippen molar-refractivity contribution in [2.75, 3.05) is 89.1 Å². The lowest BCUT2D eigenvalue weighted by molar-refractivity contribution is -0.157. The topological polar surface area (TPSA) is 283 Å². The van der Waals surface area contributed by atoms with E-state index in [-0.39, 0.29) is 62.3 Å². The zero-order valence-corrected chi connectivity index (χ0v) is 65.0. The van der Waals surface area contributed by atoms with Crippen molar-refractivity contribution in [3.63, 3.8) is 0 Å². The standard InChI is InChI=1S/C77H115ClF3N13O12/c1-13-50(4)66-73(104)88(7)47-64(97)86(5)48-65(98)90(9)60(44-51-25-17-14-18-26-51)71(102)87(6)46-62(95)83-57(32-30-52-29-31-55(56(78)42-52)77(79,80)81)70(101)91(10)59(43-53-33-37-82-38-34-53)69(100)85-76(35-21-22-36-76)75(106)93(12)67(54-27-19-15-20-28-54)74(105)92(11)61(72(103)94-39-23-16-24-40-94)45-63(96)89(8)58(41-49(2)3)68(99)84-66/h29,31,33-34,37-38,42,49-51,54,57-61,66-67H,13-28,30,32,35-36,39-41,43-48H2,1-12H3,(H,83,95)(H,84,99)(H,85,100)/t50-,57-,58-,59-,60-,61-,66-,67-/m0/s1. The fourth-order valence-electron chi connectivity index (χ4n) is 15.9. The molecule has 12 amide bonds. The van der Waals surface area contributed by atoms with Gasteiger partial charge in [-0.05, 0) is 130 Å². The number of hydrogen-bond donors (Lipinski definition) is 3. The molecule has 3 N–H and O–H groups in total. The van der Waals surface area contributed by atoms with Gasteiger partial charge in [-0.3, -0.25) is 62.5 Å². The second-order valence-corrected chi connectivity index (χ2v) is 31.4. The number of nitrogens with one attached hydrogen (secondary N) is 3. The summed E-state index contributed by atoms with van der Waals surface area (Å²) >= 11 is 6.21. The molecule has 8 atom stereocenters. The Morgan fingerprint density at radius 3 is 1.78 bits per heavy atom. The molecule has 25 nitrogen and oxygen atoms in total. The molecule has 2 aliphatic heterocycles. The highest BCUT2D eigenvalue weighted by Crippen LogP contribution is 2.38. The number of amides is 12. The first-order chi connectivity index (χ1) is 50.1. The van der Waals surface area contributed by atoms with Crippen LogP contribution in [0.15, 0.2) is 42.7 Å². The quantitative estimate of drug-likeness (QED) is 0.184. The Morgan fingerprint density at radius 1 is 0.604 bits per heavy atom. The fraction of sp³-hybridized carbons (Fsp3) is 0.701. The van der Waals surface area contributed by atoms with Crippen LogP contribution in [0.25, 0.3) is 0 Å². The second kappa shape index (κ2) is 38.8. The molecule has 29 heteroatoms. The van der Waals surface area contributed by atoms with E-state index in [1.165, 1.54) is 94.4 Å². The first-order valence-corrected chi connectivity index (χ1v) is 38.5. The van der Waals surface area contributed by atoms with Gasteiger partial charge in [0.25, 0.3) is 0 Å².